The number of hydrogen-bond donors (Lipinski definition) is 0. The van der Waals surface area contributed by atoms with Crippen molar-refractivity contribution >= 4 is 11.9 Å². The monoisotopic (exact) mass is 263 g/mol. The quantitative estimate of drug-likeness (QED) is 0.346. The van der Waals surface area contributed by atoms with Crippen LogP contribution in [0.2, 0.25) is 0 Å². The van der Waals surface area contributed by atoms with Gasteiger partial charge in [0, 0.05) is 0 Å². The molecule has 1 N–H and O–H groups in total. The van der Waals surface area contributed by atoms with E-state index in [0.29, 0.717) is 36.2 Å². The van der Waals surface area contributed by atoms with Crippen LogP contribution in [0.1, 0.15) is 26.7 Å². The average molecular weight is 263 g/mol. The molecule has 0 radical (unpaired) electrons. The molecule has 0 saturated carbocycles. The molecule has 0 aromatic heterocycles. The second kappa shape index (κ2) is 9.33. The molecule has 0 heterocycles. The zero-order valence-electron chi connectivity index (χ0n) is 11.2. The van der Waals surface area contributed by atoms with Crippen LogP contribution in [-0.4, -0.2) is 31.1 Å². The van der Waals surface area contributed by atoms with Gasteiger partial charge < -0.3 is 19.7 Å². The summed E-state index contributed by atoms with van der Waals surface area (Å²) < 4.78 is 9.55. The van der Waals surface area contributed by atoms with Crippen LogP contribution in [0.5, 0.6) is 0 Å². The van der Waals surface area contributed by atoms with Gasteiger partial charge in [-0.05, 0) is 12.5 Å². The van der Waals surface area contributed by atoms with Crippen LogP contribution in [-0.2, 0) is 19.1 Å². The maximum atomic E-state index is 11.6. The minimum Gasteiger partial charge on any atom is -0.870 e. The van der Waals surface area contributed by atoms with Crippen LogP contribution in [0, 0.1) is 6.08 Å². The Kier molecular flexibility index (Phi) is 10.2. The van der Waals surface area contributed by atoms with E-state index in [0.717, 1.165) is 0 Å². The molecule has 0 spiro atoms. The van der Waals surface area contributed by atoms with Crippen molar-refractivity contribution < 1.29 is 54.1 Å². The van der Waals surface area contributed by atoms with Gasteiger partial charge in [-0.1, -0.05) is 19.8 Å². The first kappa shape index (κ1) is 19.7. The van der Waals surface area contributed by atoms with Crippen molar-refractivity contribution in [3.05, 3.63) is 22.8 Å². The molecule has 18 heavy (non-hydrogen) atoms. The second-order valence-electron chi connectivity index (χ2n) is 3.25. The summed E-state index contributed by atoms with van der Waals surface area (Å²) in [6.45, 7) is 3.95. The van der Waals surface area contributed by atoms with Gasteiger partial charge in [0.15, 0.2) is 0 Å². The number of esters is 2. The van der Waals surface area contributed by atoms with Crippen molar-refractivity contribution in [3.8, 4) is 0 Å². The molecule has 0 bridgehead atoms. The minimum atomic E-state index is -0.448. The Morgan fingerprint density at radius 3 is 2.33 bits per heavy atom. The molecule has 1 rings (SSSR count). The predicted octanol–water partition coefficient (Wildman–Crippen LogP) is -1.61. The Hall–Kier alpha value is -0.620. The van der Waals surface area contributed by atoms with E-state index in [9.17, 15) is 9.59 Å². The van der Waals surface area contributed by atoms with Crippen LogP contribution in [0.4, 0.5) is 0 Å². The standard InChI is InChI=1S/C12H15O4.Na.H2O/c1-4-8-9(11(13)15-3)6-7-10(8)12(14)16-5-2;;/h4-5,7H2,1-3H3;;1H2/q-1;+1;/p-1. The van der Waals surface area contributed by atoms with Gasteiger partial charge in [0.05, 0.1) is 13.7 Å². The first-order valence-electron chi connectivity index (χ1n) is 5.24. The summed E-state index contributed by atoms with van der Waals surface area (Å²) in [5, 5.41) is 0. The number of hydrogen-bond acceptors (Lipinski definition) is 5. The molecule has 0 fully saturated rings. The summed E-state index contributed by atoms with van der Waals surface area (Å²) in [6, 6.07) is 0. The summed E-state index contributed by atoms with van der Waals surface area (Å²) in [5.74, 6) is -0.818. The molecule has 0 saturated heterocycles. The average Bonchev–Trinajstić information content (AvgIpc) is 2.71. The van der Waals surface area contributed by atoms with E-state index in [1.165, 1.54) is 7.11 Å². The first-order valence-corrected chi connectivity index (χ1v) is 5.24. The van der Waals surface area contributed by atoms with E-state index in [-0.39, 0.29) is 41.0 Å². The fourth-order valence-corrected chi connectivity index (χ4v) is 1.64. The molecule has 0 atom stereocenters. The molecule has 1 aliphatic carbocycles. The Labute approximate surface area is 129 Å². The molecular weight excluding hydrogens is 247 g/mol. The number of methoxy groups -OCH3 is 1. The number of carbonyl (C=O) groups excluding carboxylic acids is 2. The van der Waals surface area contributed by atoms with Crippen molar-refractivity contribution in [2.75, 3.05) is 13.7 Å². The van der Waals surface area contributed by atoms with E-state index >= 15 is 0 Å². The van der Waals surface area contributed by atoms with Crippen molar-refractivity contribution in [2.24, 2.45) is 0 Å². The molecular formula is C12H16NaO5-. The Bertz CT molecular complexity index is 371. The third-order valence-corrected chi connectivity index (χ3v) is 2.37. The van der Waals surface area contributed by atoms with Crippen LogP contribution < -0.4 is 29.6 Å². The van der Waals surface area contributed by atoms with Crippen molar-refractivity contribution in [2.45, 2.75) is 26.7 Å². The SMILES string of the molecule is CCOC(=O)C1=C(CC)C(C(=O)OC)=[C-]C1.[Na+].[OH-]. The topological polar surface area (TPSA) is 82.6 Å². The van der Waals surface area contributed by atoms with Crippen molar-refractivity contribution in [1.82, 2.24) is 0 Å². The van der Waals surface area contributed by atoms with E-state index < -0.39 is 5.97 Å². The van der Waals surface area contributed by atoms with Gasteiger partial charge in [-0.2, -0.15) is 6.08 Å². The first-order chi connectivity index (χ1) is 7.65. The summed E-state index contributed by atoms with van der Waals surface area (Å²) in [7, 11) is 1.31. The number of rotatable bonds is 4. The fourth-order valence-electron chi connectivity index (χ4n) is 1.64. The zero-order chi connectivity index (χ0) is 12.1. The molecule has 0 amide bonds. The molecule has 6 heteroatoms. The molecule has 0 unspecified atom stereocenters. The van der Waals surface area contributed by atoms with Crippen molar-refractivity contribution in [3.63, 3.8) is 0 Å². The fraction of sp³-hybridized carbons (Fsp3) is 0.500. The zero-order valence-corrected chi connectivity index (χ0v) is 13.2. The summed E-state index contributed by atoms with van der Waals surface area (Å²) in [4.78, 5) is 23.0. The normalized spacial score (nSPS) is 13.2. The van der Waals surface area contributed by atoms with Gasteiger partial charge in [0.25, 0.3) is 0 Å². The Morgan fingerprint density at radius 2 is 1.89 bits per heavy atom. The molecule has 1 aliphatic rings. The molecule has 5 nitrogen and oxygen atoms in total. The van der Waals surface area contributed by atoms with Crippen LogP contribution in [0.15, 0.2) is 16.7 Å². The smallest absolute Gasteiger partial charge is 0.870 e. The molecule has 0 aliphatic heterocycles. The Morgan fingerprint density at radius 1 is 1.28 bits per heavy atom. The largest absolute Gasteiger partial charge is 1.00 e. The van der Waals surface area contributed by atoms with Crippen LogP contribution in [0.25, 0.3) is 0 Å². The van der Waals surface area contributed by atoms with Crippen LogP contribution in [0.3, 0.4) is 0 Å². The number of allylic oxidation sites excluding steroid dienone is 1. The number of ether oxygens (including phenoxy) is 2. The maximum Gasteiger partial charge on any atom is 1.00 e. The minimum absolute atomic E-state index is 0. The third-order valence-electron chi connectivity index (χ3n) is 2.37. The summed E-state index contributed by atoms with van der Waals surface area (Å²) in [5.41, 5.74) is 1.57. The van der Waals surface area contributed by atoms with Gasteiger partial charge in [-0.15, -0.1) is 11.1 Å². The maximum absolute atomic E-state index is 11.6. The van der Waals surface area contributed by atoms with Gasteiger partial charge in [-0.25, -0.2) is 4.79 Å². The van der Waals surface area contributed by atoms with E-state index in [4.69, 9.17) is 4.74 Å². The van der Waals surface area contributed by atoms with E-state index in [1.54, 1.807) is 6.92 Å². The second-order valence-corrected chi connectivity index (χ2v) is 3.25. The molecule has 96 valence electrons. The number of carbonyl (C=O) groups is 2. The van der Waals surface area contributed by atoms with Crippen LogP contribution >= 0.6 is 0 Å². The molecule has 0 aromatic rings. The van der Waals surface area contributed by atoms with Gasteiger partial charge in [0.1, 0.15) is 0 Å². The predicted molar refractivity (Wildman–Crippen MR) is 59.3 cm³/mol. The van der Waals surface area contributed by atoms with E-state index in [2.05, 4.69) is 10.8 Å². The summed E-state index contributed by atoms with van der Waals surface area (Å²) >= 11 is 0. The summed E-state index contributed by atoms with van der Waals surface area (Å²) in [6.07, 6.45) is 3.78. The Balaban J connectivity index is 0. The van der Waals surface area contributed by atoms with E-state index in [1.807, 2.05) is 6.92 Å². The van der Waals surface area contributed by atoms with Crippen molar-refractivity contribution in [1.29, 1.82) is 0 Å². The van der Waals surface area contributed by atoms with Gasteiger partial charge in [0.2, 0.25) is 5.97 Å². The van der Waals surface area contributed by atoms with Gasteiger partial charge in [-0.3, -0.25) is 0 Å². The molecule has 0 aromatic carbocycles. The third kappa shape index (κ3) is 4.24. The van der Waals surface area contributed by atoms with Gasteiger partial charge >= 0.3 is 35.5 Å².